The van der Waals surface area contributed by atoms with Crippen LogP contribution in [-0.4, -0.2) is 48.5 Å². The Kier molecular flexibility index (Phi) is 5.74. The average Bonchev–Trinajstić information content (AvgIpc) is 2.59. The Balaban J connectivity index is 2.22. The van der Waals surface area contributed by atoms with Crippen molar-refractivity contribution in [2.75, 3.05) is 20.2 Å². The van der Waals surface area contributed by atoms with Crippen LogP contribution in [0.3, 0.4) is 0 Å². The smallest absolute Gasteiger partial charge is 0.410 e. The molecule has 1 amide bonds. The molecule has 6 heteroatoms. The molecule has 0 atom stereocenters. The molecular formula is C20H27NO5. The molecule has 1 aromatic rings. The first-order valence-corrected chi connectivity index (χ1v) is 8.77. The highest BCUT2D eigenvalue weighted by atomic mass is 16.6. The van der Waals surface area contributed by atoms with Crippen molar-refractivity contribution in [2.24, 2.45) is 5.41 Å². The Bertz CT molecular complexity index is 696. The molecule has 2 rings (SSSR count). The summed E-state index contributed by atoms with van der Waals surface area (Å²) in [7, 11) is 1.29. The lowest BCUT2D eigenvalue weighted by Crippen LogP contribution is -2.51. The van der Waals surface area contributed by atoms with Gasteiger partial charge < -0.3 is 14.4 Å². The molecule has 6 nitrogen and oxygen atoms in total. The summed E-state index contributed by atoms with van der Waals surface area (Å²) >= 11 is 0. The minimum Gasteiger partial charge on any atom is -0.468 e. The van der Waals surface area contributed by atoms with Crippen LogP contribution in [0.5, 0.6) is 0 Å². The van der Waals surface area contributed by atoms with Crippen LogP contribution in [0.2, 0.25) is 0 Å². The van der Waals surface area contributed by atoms with Gasteiger partial charge in [-0.1, -0.05) is 23.8 Å². The number of carbonyl (C=O) groups excluding carboxylic acids is 3. The molecule has 1 aliphatic heterocycles. The maximum Gasteiger partial charge on any atom is 0.410 e. The third kappa shape index (κ3) is 4.23. The molecule has 26 heavy (non-hydrogen) atoms. The quantitative estimate of drug-likeness (QED) is 0.469. The summed E-state index contributed by atoms with van der Waals surface area (Å²) in [5, 5.41) is 0. The predicted molar refractivity (Wildman–Crippen MR) is 97.0 cm³/mol. The maximum absolute atomic E-state index is 13.1. The number of benzene rings is 1. The Hall–Kier alpha value is -2.37. The fraction of sp³-hybridized carbons (Fsp3) is 0.550. The van der Waals surface area contributed by atoms with Gasteiger partial charge in [-0.3, -0.25) is 9.59 Å². The van der Waals surface area contributed by atoms with Gasteiger partial charge in [0.05, 0.1) is 7.11 Å². The van der Waals surface area contributed by atoms with E-state index in [9.17, 15) is 14.4 Å². The molecule has 1 aromatic carbocycles. The van der Waals surface area contributed by atoms with E-state index in [0.717, 1.165) is 5.56 Å². The molecule has 0 saturated carbocycles. The van der Waals surface area contributed by atoms with Crippen molar-refractivity contribution < 1.29 is 23.9 Å². The van der Waals surface area contributed by atoms with Crippen molar-refractivity contribution in [3.8, 4) is 0 Å². The molecule has 0 N–H and O–H groups in total. The number of ketones is 1. The summed E-state index contributed by atoms with van der Waals surface area (Å²) in [5.41, 5.74) is -0.421. The number of hydrogen-bond donors (Lipinski definition) is 0. The van der Waals surface area contributed by atoms with Crippen molar-refractivity contribution in [2.45, 2.75) is 46.1 Å². The lowest BCUT2D eigenvalue weighted by Gasteiger charge is -2.39. The van der Waals surface area contributed by atoms with E-state index in [1.807, 2.05) is 13.0 Å². The third-order valence-electron chi connectivity index (χ3n) is 4.56. The number of methoxy groups -OCH3 is 1. The number of amides is 1. The minimum absolute atomic E-state index is 0.214. The van der Waals surface area contributed by atoms with Gasteiger partial charge >= 0.3 is 12.1 Å². The zero-order valence-corrected chi connectivity index (χ0v) is 16.1. The molecule has 1 aliphatic rings. The molecule has 0 radical (unpaired) electrons. The first-order valence-electron chi connectivity index (χ1n) is 8.77. The van der Waals surface area contributed by atoms with E-state index < -0.39 is 23.1 Å². The Morgan fingerprint density at radius 3 is 2.23 bits per heavy atom. The van der Waals surface area contributed by atoms with E-state index in [1.165, 1.54) is 12.0 Å². The Morgan fingerprint density at radius 2 is 1.73 bits per heavy atom. The highest BCUT2D eigenvalue weighted by Crippen LogP contribution is 2.37. The lowest BCUT2D eigenvalue weighted by atomic mass is 9.72. The average molecular weight is 361 g/mol. The van der Waals surface area contributed by atoms with Gasteiger partial charge in [0.25, 0.3) is 0 Å². The van der Waals surface area contributed by atoms with Gasteiger partial charge in [-0.2, -0.15) is 0 Å². The van der Waals surface area contributed by atoms with Gasteiger partial charge in [-0.05, 0) is 46.6 Å². The molecule has 0 spiro atoms. The van der Waals surface area contributed by atoms with Gasteiger partial charge in [-0.25, -0.2) is 4.79 Å². The first-order chi connectivity index (χ1) is 12.1. The molecule has 1 saturated heterocycles. The molecule has 0 unspecified atom stereocenters. The Morgan fingerprint density at radius 1 is 1.12 bits per heavy atom. The number of carbonyl (C=O) groups is 3. The van der Waals surface area contributed by atoms with Crippen molar-refractivity contribution >= 4 is 17.8 Å². The van der Waals surface area contributed by atoms with E-state index in [2.05, 4.69) is 0 Å². The first kappa shape index (κ1) is 19.9. The summed E-state index contributed by atoms with van der Waals surface area (Å²) in [6, 6.07) is 7.17. The molecule has 1 heterocycles. The summed E-state index contributed by atoms with van der Waals surface area (Å²) in [6.45, 7) is 7.83. The van der Waals surface area contributed by atoms with Crippen molar-refractivity contribution in [3.63, 3.8) is 0 Å². The van der Waals surface area contributed by atoms with E-state index in [0.29, 0.717) is 5.56 Å². The van der Waals surface area contributed by atoms with Crippen molar-refractivity contribution in [1.29, 1.82) is 0 Å². The fourth-order valence-electron chi connectivity index (χ4n) is 3.18. The van der Waals surface area contributed by atoms with E-state index in [4.69, 9.17) is 9.47 Å². The zero-order chi connectivity index (χ0) is 19.5. The van der Waals surface area contributed by atoms with Crippen LogP contribution in [-0.2, 0) is 14.3 Å². The van der Waals surface area contributed by atoms with Crippen molar-refractivity contribution in [1.82, 2.24) is 4.90 Å². The van der Waals surface area contributed by atoms with Crippen molar-refractivity contribution in [3.05, 3.63) is 35.4 Å². The summed E-state index contributed by atoms with van der Waals surface area (Å²) in [6.07, 6.45) is -0.00355. The van der Waals surface area contributed by atoms with Crippen LogP contribution >= 0.6 is 0 Å². The molecular weight excluding hydrogens is 334 g/mol. The van der Waals surface area contributed by atoms with Gasteiger partial charge in [0.2, 0.25) is 0 Å². The minimum atomic E-state index is -1.26. The highest BCUT2D eigenvalue weighted by molar-refractivity contribution is 6.12. The van der Waals surface area contributed by atoms with E-state index in [1.54, 1.807) is 39.0 Å². The number of Topliss-reactive ketones (excluding diaryl/α,β-unsaturated/α-hetero) is 1. The largest absolute Gasteiger partial charge is 0.468 e. The number of rotatable bonds is 3. The number of esters is 1. The molecule has 0 aliphatic carbocycles. The number of aryl methyl sites for hydroxylation is 1. The SMILES string of the molecule is COC(=O)C1(C(=O)c2cccc(C)c2)CCN(C(=O)OC(C)(C)C)CC1. The monoisotopic (exact) mass is 361 g/mol. The van der Waals surface area contributed by atoms with Crippen LogP contribution in [0.1, 0.15) is 49.5 Å². The predicted octanol–water partition coefficient (Wildman–Crippen LogP) is 3.37. The maximum atomic E-state index is 13.1. The van der Waals surface area contributed by atoms with Crippen LogP contribution in [0.4, 0.5) is 4.79 Å². The second-order valence-electron chi connectivity index (χ2n) is 7.74. The van der Waals surface area contributed by atoms with E-state index in [-0.39, 0.29) is 31.7 Å². The van der Waals surface area contributed by atoms with Gasteiger partial charge in [0.1, 0.15) is 11.0 Å². The van der Waals surface area contributed by atoms with Gasteiger partial charge in [-0.15, -0.1) is 0 Å². The second-order valence-corrected chi connectivity index (χ2v) is 7.74. The van der Waals surface area contributed by atoms with Gasteiger partial charge in [0, 0.05) is 18.7 Å². The van der Waals surface area contributed by atoms with Crippen LogP contribution in [0, 0.1) is 12.3 Å². The molecule has 142 valence electrons. The van der Waals surface area contributed by atoms with Gasteiger partial charge in [0.15, 0.2) is 5.78 Å². The fourth-order valence-corrected chi connectivity index (χ4v) is 3.18. The lowest BCUT2D eigenvalue weighted by molar-refractivity contribution is -0.152. The summed E-state index contributed by atoms with van der Waals surface area (Å²) < 4.78 is 10.3. The second kappa shape index (κ2) is 7.48. The van der Waals surface area contributed by atoms with Crippen LogP contribution in [0.25, 0.3) is 0 Å². The van der Waals surface area contributed by atoms with Crippen LogP contribution < -0.4 is 0 Å². The third-order valence-corrected chi connectivity index (χ3v) is 4.56. The molecule has 0 bridgehead atoms. The number of piperidine rings is 1. The topological polar surface area (TPSA) is 72.9 Å². The van der Waals surface area contributed by atoms with Crippen LogP contribution in [0.15, 0.2) is 24.3 Å². The summed E-state index contributed by atoms with van der Waals surface area (Å²) in [5.74, 6) is -0.801. The molecule has 0 aromatic heterocycles. The number of nitrogens with zero attached hydrogens (tertiary/aromatic N) is 1. The molecule has 1 fully saturated rings. The highest BCUT2D eigenvalue weighted by Gasteiger charge is 2.50. The number of ether oxygens (including phenoxy) is 2. The van der Waals surface area contributed by atoms with E-state index >= 15 is 0 Å². The number of likely N-dealkylation sites (tertiary alicyclic amines) is 1. The Labute approximate surface area is 154 Å². The normalized spacial score (nSPS) is 16.7. The zero-order valence-electron chi connectivity index (χ0n) is 16.1. The standard InChI is InChI=1S/C20H27NO5/c1-14-7-6-8-15(13-14)16(22)20(17(23)25-5)9-11-21(12-10-20)18(24)26-19(2,3)4/h6-8,13H,9-12H2,1-5H3. The number of hydrogen-bond acceptors (Lipinski definition) is 5. The summed E-state index contributed by atoms with van der Waals surface area (Å²) in [4.78, 5) is 39.4.